The van der Waals surface area contributed by atoms with Crippen LogP contribution in [-0.4, -0.2) is 29.7 Å². The van der Waals surface area contributed by atoms with Gasteiger partial charge in [-0.25, -0.2) is 8.42 Å². The number of nitrogens with one attached hydrogen (secondary N) is 1. The van der Waals surface area contributed by atoms with Gasteiger partial charge in [-0.3, -0.25) is 9.78 Å². The molecule has 130 valence electrons. The number of aryl methyl sites for hydroxylation is 1. The fraction of sp³-hybridized carbons (Fsp3) is 0.333. The molecule has 1 aromatic heterocycles. The second-order valence-electron chi connectivity index (χ2n) is 6.47. The lowest BCUT2D eigenvalue weighted by molar-refractivity contribution is -0.116. The van der Waals surface area contributed by atoms with Crippen LogP contribution in [0.3, 0.4) is 0 Å². The minimum absolute atomic E-state index is 0.0298. The molecule has 0 radical (unpaired) electrons. The number of nitrogens with zero attached hydrogens (tertiary/aromatic N) is 2. The van der Waals surface area contributed by atoms with Crippen molar-refractivity contribution in [3.63, 3.8) is 0 Å². The van der Waals surface area contributed by atoms with Gasteiger partial charge >= 0.3 is 0 Å². The summed E-state index contributed by atoms with van der Waals surface area (Å²) in [6.45, 7) is 0.279. The van der Waals surface area contributed by atoms with Crippen molar-refractivity contribution in [2.24, 2.45) is 0 Å². The van der Waals surface area contributed by atoms with Crippen molar-refractivity contribution in [1.29, 1.82) is 0 Å². The number of carbonyl (C=O) groups is 1. The van der Waals surface area contributed by atoms with E-state index in [0.717, 1.165) is 24.1 Å². The number of rotatable bonds is 5. The van der Waals surface area contributed by atoms with E-state index < -0.39 is 10.0 Å². The first-order valence-electron chi connectivity index (χ1n) is 8.38. The normalized spacial score (nSPS) is 17.2. The van der Waals surface area contributed by atoms with Crippen molar-refractivity contribution in [2.45, 2.75) is 43.2 Å². The number of hydrogen-bond donors (Lipinski definition) is 1. The Morgan fingerprint density at radius 1 is 1.16 bits per heavy atom. The van der Waals surface area contributed by atoms with Gasteiger partial charge in [0.1, 0.15) is 0 Å². The quantitative estimate of drug-likeness (QED) is 0.891. The number of carbonyl (C=O) groups excluding carboxylic acids is 1. The lowest BCUT2D eigenvalue weighted by Crippen LogP contribution is -2.33. The van der Waals surface area contributed by atoms with Crippen molar-refractivity contribution in [2.75, 3.05) is 5.32 Å². The first-order chi connectivity index (χ1) is 12.0. The van der Waals surface area contributed by atoms with Crippen LogP contribution in [-0.2, 0) is 27.8 Å². The Balaban J connectivity index is 1.66. The molecule has 2 heterocycles. The summed E-state index contributed by atoms with van der Waals surface area (Å²) in [5, 5.41) is 2.79. The summed E-state index contributed by atoms with van der Waals surface area (Å²) in [7, 11) is -3.60. The van der Waals surface area contributed by atoms with Crippen molar-refractivity contribution in [3.8, 4) is 0 Å². The van der Waals surface area contributed by atoms with Crippen LogP contribution in [0.1, 0.15) is 30.5 Å². The molecule has 7 heteroatoms. The van der Waals surface area contributed by atoms with E-state index in [0.29, 0.717) is 18.5 Å². The van der Waals surface area contributed by atoms with Gasteiger partial charge in [0.15, 0.2) is 0 Å². The molecule has 6 nitrogen and oxygen atoms in total. The van der Waals surface area contributed by atoms with Gasteiger partial charge in [0.05, 0.1) is 17.1 Å². The molecule has 1 aliphatic carbocycles. The van der Waals surface area contributed by atoms with Gasteiger partial charge in [-0.1, -0.05) is 6.07 Å². The van der Waals surface area contributed by atoms with Gasteiger partial charge in [-0.05, 0) is 55.2 Å². The topological polar surface area (TPSA) is 79.4 Å². The van der Waals surface area contributed by atoms with E-state index in [4.69, 9.17) is 0 Å². The molecule has 1 saturated carbocycles. The number of anilines is 1. The van der Waals surface area contributed by atoms with E-state index in [9.17, 15) is 13.2 Å². The van der Waals surface area contributed by atoms with Crippen LogP contribution in [0.25, 0.3) is 0 Å². The maximum Gasteiger partial charge on any atom is 0.243 e. The molecular weight excluding hydrogens is 338 g/mol. The summed E-state index contributed by atoms with van der Waals surface area (Å²) >= 11 is 0. The minimum Gasteiger partial charge on any atom is -0.326 e. The molecule has 1 aliphatic heterocycles. The summed E-state index contributed by atoms with van der Waals surface area (Å²) in [4.78, 5) is 16.0. The first-order valence-corrected chi connectivity index (χ1v) is 9.82. The van der Waals surface area contributed by atoms with E-state index in [1.807, 2.05) is 18.2 Å². The lowest BCUT2D eigenvalue weighted by atomic mass is 10.0. The maximum absolute atomic E-state index is 13.2. The predicted molar refractivity (Wildman–Crippen MR) is 93.4 cm³/mol. The Morgan fingerprint density at radius 3 is 2.72 bits per heavy atom. The Labute approximate surface area is 146 Å². The predicted octanol–water partition coefficient (Wildman–Crippen LogP) is 2.32. The summed E-state index contributed by atoms with van der Waals surface area (Å²) in [6.07, 6.45) is 4.39. The second kappa shape index (κ2) is 6.24. The van der Waals surface area contributed by atoms with Crippen LogP contribution in [0.15, 0.2) is 47.5 Å². The zero-order valence-corrected chi connectivity index (χ0v) is 14.5. The average molecular weight is 357 g/mol. The van der Waals surface area contributed by atoms with Crippen LogP contribution in [0.4, 0.5) is 5.69 Å². The molecule has 0 bridgehead atoms. The highest BCUT2D eigenvalue weighted by atomic mass is 32.2. The number of amides is 1. The highest BCUT2D eigenvalue weighted by Crippen LogP contribution is 2.34. The number of aromatic nitrogens is 1. The molecule has 4 rings (SSSR count). The Kier molecular flexibility index (Phi) is 4.05. The van der Waals surface area contributed by atoms with Gasteiger partial charge in [0, 0.05) is 24.3 Å². The smallest absolute Gasteiger partial charge is 0.243 e. The molecular formula is C18H19N3O3S. The van der Waals surface area contributed by atoms with Gasteiger partial charge in [0.2, 0.25) is 15.9 Å². The highest BCUT2D eigenvalue weighted by Gasteiger charge is 2.38. The number of fused-ring (bicyclic) bond motifs is 1. The van der Waals surface area contributed by atoms with Gasteiger partial charge < -0.3 is 5.32 Å². The standard InChI is InChI=1S/C18H19N3O3S/c22-18-9-4-13-11-16(7-8-17(13)20-18)25(23,24)21(15-5-6-15)12-14-3-1-2-10-19-14/h1-3,7-8,10-11,15H,4-6,9,12H2,(H,20,22). The monoisotopic (exact) mass is 357 g/mol. The van der Waals surface area contributed by atoms with E-state index in [1.54, 1.807) is 28.7 Å². The Morgan fingerprint density at radius 2 is 2.00 bits per heavy atom. The Hall–Kier alpha value is -2.25. The number of benzene rings is 1. The van der Waals surface area contributed by atoms with Crippen LogP contribution in [0.2, 0.25) is 0 Å². The largest absolute Gasteiger partial charge is 0.326 e. The lowest BCUT2D eigenvalue weighted by Gasteiger charge is -2.23. The average Bonchev–Trinajstić information content (AvgIpc) is 3.44. The number of hydrogen-bond acceptors (Lipinski definition) is 4. The summed E-state index contributed by atoms with van der Waals surface area (Å²) in [5.41, 5.74) is 2.32. The van der Waals surface area contributed by atoms with Crippen molar-refractivity contribution < 1.29 is 13.2 Å². The molecule has 1 aromatic carbocycles. The van der Waals surface area contributed by atoms with Crippen LogP contribution in [0.5, 0.6) is 0 Å². The zero-order valence-electron chi connectivity index (χ0n) is 13.7. The molecule has 0 unspecified atom stereocenters. The maximum atomic E-state index is 13.2. The van der Waals surface area contributed by atoms with Gasteiger partial charge in [-0.15, -0.1) is 0 Å². The fourth-order valence-electron chi connectivity index (χ4n) is 3.08. The zero-order chi connectivity index (χ0) is 17.4. The van der Waals surface area contributed by atoms with E-state index in [2.05, 4.69) is 10.3 Å². The van der Waals surface area contributed by atoms with Crippen molar-refractivity contribution in [3.05, 3.63) is 53.9 Å². The van der Waals surface area contributed by atoms with Crippen molar-refractivity contribution >= 4 is 21.6 Å². The third-order valence-electron chi connectivity index (χ3n) is 4.58. The molecule has 1 amide bonds. The van der Waals surface area contributed by atoms with Crippen LogP contribution >= 0.6 is 0 Å². The molecule has 25 heavy (non-hydrogen) atoms. The second-order valence-corrected chi connectivity index (χ2v) is 8.36. The SMILES string of the molecule is O=C1CCc2cc(S(=O)(=O)N(Cc3ccccn3)C3CC3)ccc2N1. The third kappa shape index (κ3) is 3.29. The van der Waals surface area contributed by atoms with Gasteiger partial charge in [-0.2, -0.15) is 4.31 Å². The number of sulfonamides is 1. The first kappa shape index (κ1) is 16.2. The molecule has 1 fully saturated rings. The molecule has 0 spiro atoms. The minimum atomic E-state index is -3.60. The van der Waals surface area contributed by atoms with E-state index >= 15 is 0 Å². The van der Waals surface area contributed by atoms with Gasteiger partial charge in [0.25, 0.3) is 0 Å². The molecule has 2 aliphatic rings. The molecule has 1 N–H and O–H groups in total. The van der Waals surface area contributed by atoms with Crippen molar-refractivity contribution in [1.82, 2.24) is 9.29 Å². The summed E-state index contributed by atoms with van der Waals surface area (Å²) in [6, 6.07) is 10.5. The van der Waals surface area contributed by atoms with E-state index in [1.165, 1.54) is 0 Å². The summed E-state index contributed by atoms with van der Waals surface area (Å²) in [5.74, 6) is -0.0298. The van der Waals surface area contributed by atoms with Crippen LogP contribution in [0, 0.1) is 0 Å². The molecule has 0 atom stereocenters. The number of pyridine rings is 1. The van der Waals surface area contributed by atoms with E-state index in [-0.39, 0.29) is 23.4 Å². The molecule has 0 saturated heterocycles. The molecule has 2 aromatic rings. The van der Waals surface area contributed by atoms with Crippen LogP contribution < -0.4 is 5.32 Å². The highest BCUT2D eigenvalue weighted by molar-refractivity contribution is 7.89. The summed E-state index contributed by atoms with van der Waals surface area (Å²) < 4.78 is 27.9. The fourth-order valence-corrected chi connectivity index (χ4v) is 4.79. The third-order valence-corrected chi connectivity index (χ3v) is 6.47. The Bertz CT molecular complexity index is 908.